The van der Waals surface area contributed by atoms with E-state index in [9.17, 15) is 9.59 Å². The molecule has 0 radical (unpaired) electrons. The van der Waals surface area contributed by atoms with Crippen molar-refractivity contribution in [2.24, 2.45) is 0 Å². The third-order valence-corrected chi connectivity index (χ3v) is 6.57. The van der Waals surface area contributed by atoms with E-state index in [1.807, 2.05) is 38.1 Å². The van der Waals surface area contributed by atoms with Crippen LogP contribution in [-0.2, 0) is 16.1 Å². The molecule has 1 aromatic heterocycles. The predicted octanol–water partition coefficient (Wildman–Crippen LogP) is 1.84. The molecule has 0 saturated carbocycles. The van der Waals surface area contributed by atoms with Crippen LogP contribution in [0.1, 0.15) is 23.9 Å². The standard InChI is InChI=1S/C20H27N5O3S2/c1-3-28-16-6-4-15(5-7-16)13-25-10-8-22-19(27)17(25)12-18(26)21-9-11-29-20-24-23-14(2)30-20/h4-7,17H,3,8-13H2,1-2H3,(H,21,26)(H,22,27)/t17-/m0/s1. The Labute approximate surface area is 184 Å². The highest BCUT2D eigenvalue weighted by atomic mass is 32.2. The number of nitrogens with zero attached hydrogens (tertiary/aromatic N) is 3. The molecule has 2 heterocycles. The molecule has 2 aromatic rings. The van der Waals surface area contributed by atoms with E-state index in [1.54, 1.807) is 23.1 Å². The van der Waals surface area contributed by atoms with Gasteiger partial charge >= 0.3 is 0 Å². The first-order valence-corrected chi connectivity index (χ1v) is 11.8. The minimum atomic E-state index is -0.469. The number of thioether (sulfide) groups is 1. The number of amides is 2. The van der Waals surface area contributed by atoms with Crippen molar-refractivity contribution in [2.45, 2.75) is 37.2 Å². The van der Waals surface area contributed by atoms with Gasteiger partial charge in [0, 0.05) is 31.9 Å². The van der Waals surface area contributed by atoms with E-state index >= 15 is 0 Å². The fourth-order valence-corrected chi connectivity index (χ4v) is 4.92. The molecule has 1 saturated heterocycles. The van der Waals surface area contributed by atoms with Crippen LogP contribution in [0.25, 0.3) is 0 Å². The lowest BCUT2D eigenvalue weighted by molar-refractivity contribution is -0.134. The van der Waals surface area contributed by atoms with Crippen LogP contribution in [-0.4, -0.2) is 64.9 Å². The number of hydrogen-bond acceptors (Lipinski definition) is 8. The summed E-state index contributed by atoms with van der Waals surface area (Å²) in [6, 6.07) is 7.40. The van der Waals surface area contributed by atoms with Crippen LogP contribution in [0.3, 0.4) is 0 Å². The highest BCUT2D eigenvalue weighted by Gasteiger charge is 2.31. The maximum Gasteiger partial charge on any atom is 0.237 e. The normalized spacial score (nSPS) is 16.9. The van der Waals surface area contributed by atoms with E-state index in [1.165, 1.54) is 0 Å². The van der Waals surface area contributed by atoms with Gasteiger partial charge in [0.15, 0.2) is 4.34 Å². The van der Waals surface area contributed by atoms with E-state index in [0.717, 1.165) is 20.7 Å². The SMILES string of the molecule is CCOc1ccc(CN2CCNC(=O)[C@@H]2CC(=O)NCCSc2nnc(C)s2)cc1. The Morgan fingerprint density at radius 3 is 2.87 bits per heavy atom. The number of carbonyl (C=O) groups is 2. The van der Waals surface area contributed by atoms with E-state index in [-0.39, 0.29) is 18.2 Å². The van der Waals surface area contributed by atoms with Crippen LogP contribution in [0.15, 0.2) is 28.6 Å². The van der Waals surface area contributed by atoms with Gasteiger partial charge < -0.3 is 15.4 Å². The molecule has 2 N–H and O–H groups in total. The molecule has 8 nitrogen and oxygen atoms in total. The molecule has 2 amide bonds. The molecular formula is C20H27N5O3S2. The summed E-state index contributed by atoms with van der Waals surface area (Å²) in [6.45, 7) is 6.93. The lowest BCUT2D eigenvalue weighted by Gasteiger charge is -2.34. The monoisotopic (exact) mass is 449 g/mol. The number of ether oxygens (including phenoxy) is 1. The Morgan fingerprint density at radius 2 is 2.17 bits per heavy atom. The van der Waals surface area contributed by atoms with Crippen molar-refractivity contribution in [1.82, 2.24) is 25.7 Å². The summed E-state index contributed by atoms with van der Waals surface area (Å²) in [5.41, 5.74) is 1.09. The van der Waals surface area contributed by atoms with Gasteiger partial charge in [0.2, 0.25) is 11.8 Å². The van der Waals surface area contributed by atoms with Crippen LogP contribution in [0.2, 0.25) is 0 Å². The fraction of sp³-hybridized carbons (Fsp3) is 0.500. The number of nitrogens with one attached hydrogen (secondary N) is 2. The second kappa shape index (κ2) is 11.3. The summed E-state index contributed by atoms with van der Waals surface area (Å²) in [7, 11) is 0. The average molecular weight is 450 g/mol. The van der Waals surface area contributed by atoms with Gasteiger partial charge in [-0.05, 0) is 31.5 Å². The van der Waals surface area contributed by atoms with Crippen molar-refractivity contribution >= 4 is 34.9 Å². The number of piperazine rings is 1. The molecule has 0 bridgehead atoms. The molecule has 1 fully saturated rings. The summed E-state index contributed by atoms with van der Waals surface area (Å²) >= 11 is 3.11. The Morgan fingerprint density at radius 1 is 1.37 bits per heavy atom. The molecule has 0 spiro atoms. The number of aryl methyl sites for hydroxylation is 1. The first kappa shape index (κ1) is 22.5. The van der Waals surface area contributed by atoms with Crippen LogP contribution in [0, 0.1) is 6.92 Å². The average Bonchev–Trinajstić information content (AvgIpc) is 3.15. The van der Waals surface area contributed by atoms with Gasteiger partial charge in [0.05, 0.1) is 19.1 Å². The number of aromatic nitrogens is 2. The molecule has 1 aliphatic heterocycles. The summed E-state index contributed by atoms with van der Waals surface area (Å²) in [4.78, 5) is 26.9. The van der Waals surface area contributed by atoms with Gasteiger partial charge in [0.1, 0.15) is 10.8 Å². The van der Waals surface area contributed by atoms with Gasteiger partial charge in [-0.25, -0.2) is 0 Å². The third-order valence-electron chi connectivity index (χ3n) is 4.60. The molecule has 30 heavy (non-hydrogen) atoms. The maximum atomic E-state index is 12.4. The van der Waals surface area contributed by atoms with Crippen LogP contribution in [0.4, 0.5) is 0 Å². The van der Waals surface area contributed by atoms with Crippen molar-refractivity contribution in [3.63, 3.8) is 0 Å². The summed E-state index contributed by atoms with van der Waals surface area (Å²) in [5.74, 6) is 1.33. The van der Waals surface area contributed by atoms with E-state index in [2.05, 4.69) is 25.7 Å². The van der Waals surface area contributed by atoms with E-state index < -0.39 is 6.04 Å². The topological polar surface area (TPSA) is 96.5 Å². The van der Waals surface area contributed by atoms with Gasteiger partial charge in [0.25, 0.3) is 0 Å². The van der Waals surface area contributed by atoms with Crippen LogP contribution < -0.4 is 15.4 Å². The highest BCUT2D eigenvalue weighted by molar-refractivity contribution is 8.01. The predicted molar refractivity (Wildman–Crippen MR) is 118 cm³/mol. The molecule has 0 aliphatic carbocycles. The smallest absolute Gasteiger partial charge is 0.237 e. The van der Waals surface area contributed by atoms with Gasteiger partial charge in [-0.2, -0.15) is 0 Å². The van der Waals surface area contributed by atoms with E-state index in [0.29, 0.717) is 38.5 Å². The largest absolute Gasteiger partial charge is 0.494 e. The summed E-state index contributed by atoms with van der Waals surface area (Å²) < 4.78 is 6.38. The maximum absolute atomic E-state index is 12.4. The van der Waals surface area contributed by atoms with Gasteiger partial charge in [-0.15, -0.1) is 10.2 Å². The zero-order valence-corrected chi connectivity index (χ0v) is 18.9. The van der Waals surface area contributed by atoms with E-state index in [4.69, 9.17) is 4.74 Å². The van der Waals surface area contributed by atoms with Crippen molar-refractivity contribution in [2.75, 3.05) is 32.0 Å². The molecule has 10 heteroatoms. The second-order valence-corrected chi connectivity index (χ2v) is 9.37. The quantitative estimate of drug-likeness (QED) is 0.422. The zero-order chi connectivity index (χ0) is 21.3. The Hall–Kier alpha value is -2.17. The molecule has 0 unspecified atom stereocenters. The van der Waals surface area contributed by atoms with Gasteiger partial charge in [-0.1, -0.05) is 35.2 Å². The number of benzene rings is 1. The van der Waals surface area contributed by atoms with Crippen molar-refractivity contribution in [1.29, 1.82) is 0 Å². The fourth-order valence-electron chi connectivity index (χ4n) is 3.18. The zero-order valence-electron chi connectivity index (χ0n) is 17.2. The van der Waals surface area contributed by atoms with Crippen LogP contribution >= 0.6 is 23.1 Å². The lowest BCUT2D eigenvalue weighted by atomic mass is 10.1. The number of rotatable bonds is 10. The summed E-state index contributed by atoms with van der Waals surface area (Å²) in [5, 5.41) is 14.7. The Balaban J connectivity index is 1.48. The van der Waals surface area contributed by atoms with Gasteiger partial charge in [-0.3, -0.25) is 14.5 Å². The molecule has 1 aliphatic rings. The molecule has 1 aromatic carbocycles. The Kier molecular flexibility index (Phi) is 8.47. The van der Waals surface area contributed by atoms with Crippen LogP contribution in [0.5, 0.6) is 5.75 Å². The molecule has 3 rings (SSSR count). The second-order valence-electron chi connectivity index (χ2n) is 6.84. The third kappa shape index (κ3) is 6.68. The molecular weight excluding hydrogens is 422 g/mol. The number of hydrogen-bond donors (Lipinski definition) is 2. The highest BCUT2D eigenvalue weighted by Crippen LogP contribution is 2.21. The first-order valence-electron chi connectivity index (χ1n) is 9.98. The van der Waals surface area contributed by atoms with Crippen molar-refractivity contribution in [3.05, 3.63) is 34.8 Å². The molecule has 162 valence electrons. The summed E-state index contributed by atoms with van der Waals surface area (Å²) in [6.07, 6.45) is 0.144. The minimum absolute atomic E-state index is 0.0963. The first-order chi connectivity index (χ1) is 14.5. The lowest BCUT2D eigenvalue weighted by Crippen LogP contribution is -2.56. The Bertz CT molecular complexity index is 843. The van der Waals surface area contributed by atoms with Crippen molar-refractivity contribution < 1.29 is 14.3 Å². The minimum Gasteiger partial charge on any atom is -0.494 e. The van der Waals surface area contributed by atoms with Crippen molar-refractivity contribution in [3.8, 4) is 5.75 Å². The molecule has 1 atom stereocenters. The number of carbonyl (C=O) groups excluding carboxylic acids is 2.